The van der Waals surface area contributed by atoms with E-state index in [0.29, 0.717) is 11.4 Å². The van der Waals surface area contributed by atoms with Crippen LogP contribution in [0.4, 0.5) is 0 Å². The molecule has 1 aliphatic rings. The van der Waals surface area contributed by atoms with E-state index in [1.807, 2.05) is 6.07 Å². The Balaban J connectivity index is 2.44. The Labute approximate surface area is 105 Å². The summed E-state index contributed by atoms with van der Waals surface area (Å²) in [5.74, 6) is 0.467. The van der Waals surface area contributed by atoms with Crippen LogP contribution in [0.3, 0.4) is 0 Å². The van der Waals surface area contributed by atoms with Crippen LogP contribution in [0, 0.1) is 0 Å². The number of benzene rings is 1. The number of fused-ring (bicyclic) bond motifs is 2. The zero-order chi connectivity index (χ0) is 12.5. The molecule has 0 aromatic heterocycles. The zero-order valence-electron chi connectivity index (χ0n) is 9.43. The maximum Gasteiger partial charge on any atom is 0.527 e. The fourth-order valence-electron chi connectivity index (χ4n) is 1.85. The number of hydrogen-bond donors (Lipinski definition) is 1. The van der Waals surface area contributed by atoms with Gasteiger partial charge in [0.15, 0.2) is 0 Å². The lowest BCUT2D eigenvalue weighted by Crippen LogP contribution is -2.05. The van der Waals surface area contributed by atoms with E-state index >= 15 is 0 Å². The van der Waals surface area contributed by atoms with Crippen LogP contribution in [0.25, 0.3) is 0 Å². The van der Waals surface area contributed by atoms with E-state index in [-0.39, 0.29) is 18.3 Å². The Hall–Kier alpha value is -0.540. The molecule has 0 saturated heterocycles. The molecule has 94 valence electrons. The molecule has 0 spiro atoms. The lowest BCUT2D eigenvalue weighted by molar-refractivity contribution is 0.197. The first-order chi connectivity index (χ1) is 7.99. The molecule has 2 atom stereocenters. The van der Waals surface area contributed by atoms with Gasteiger partial charge < -0.3 is 4.52 Å². The first kappa shape index (κ1) is 12.9. The molecule has 4 nitrogen and oxygen atoms in total. The highest BCUT2D eigenvalue weighted by molar-refractivity contribution is 7.47. The summed E-state index contributed by atoms with van der Waals surface area (Å²) in [4.78, 5) is 9.46. The number of phosphoric ester groups is 1. The van der Waals surface area contributed by atoms with Crippen molar-refractivity contribution in [3.8, 4) is 5.75 Å². The fourth-order valence-corrected chi connectivity index (χ4v) is 3.07. The molecule has 6 heteroatoms. The summed E-state index contributed by atoms with van der Waals surface area (Å²) in [6.45, 7) is 2.27. The van der Waals surface area contributed by atoms with Gasteiger partial charge in [0.2, 0.25) is 0 Å². The molecule has 0 radical (unpaired) electrons. The SMILES string of the molecule is CC1CCCOP(=O)(O)Oc2cccc1c2Cl. The van der Waals surface area contributed by atoms with Gasteiger partial charge in [0.05, 0.1) is 11.6 Å². The van der Waals surface area contributed by atoms with Gasteiger partial charge in [0, 0.05) is 0 Å². The van der Waals surface area contributed by atoms with Gasteiger partial charge in [0.25, 0.3) is 0 Å². The van der Waals surface area contributed by atoms with Gasteiger partial charge in [-0.3, -0.25) is 9.42 Å². The van der Waals surface area contributed by atoms with E-state index in [2.05, 4.69) is 6.92 Å². The van der Waals surface area contributed by atoms with Crippen LogP contribution in [0.5, 0.6) is 5.75 Å². The predicted octanol–water partition coefficient (Wildman–Crippen LogP) is 3.73. The second kappa shape index (κ2) is 4.99. The lowest BCUT2D eigenvalue weighted by Gasteiger charge is -2.20. The van der Waals surface area contributed by atoms with Crippen LogP contribution in [-0.4, -0.2) is 11.5 Å². The molecular weight excluding hydrogens is 263 g/mol. The maximum atomic E-state index is 11.6. The minimum absolute atomic E-state index is 0.198. The summed E-state index contributed by atoms with van der Waals surface area (Å²) >= 11 is 6.16. The summed E-state index contributed by atoms with van der Waals surface area (Å²) in [6.07, 6.45) is 1.54. The smallest absolute Gasteiger partial charge is 0.403 e. The van der Waals surface area contributed by atoms with Gasteiger partial charge in [0.1, 0.15) is 5.75 Å². The van der Waals surface area contributed by atoms with Crippen molar-refractivity contribution in [1.29, 1.82) is 0 Å². The fraction of sp³-hybridized carbons (Fsp3) is 0.455. The Morgan fingerprint density at radius 1 is 1.53 bits per heavy atom. The Morgan fingerprint density at radius 2 is 2.29 bits per heavy atom. The highest BCUT2D eigenvalue weighted by Gasteiger charge is 2.26. The first-order valence-corrected chi connectivity index (χ1v) is 7.32. The Kier molecular flexibility index (Phi) is 3.79. The minimum Gasteiger partial charge on any atom is -0.403 e. The van der Waals surface area contributed by atoms with Crippen LogP contribution in [0.2, 0.25) is 5.02 Å². The van der Waals surface area contributed by atoms with E-state index in [1.54, 1.807) is 12.1 Å². The van der Waals surface area contributed by atoms with Crippen molar-refractivity contribution >= 4 is 19.4 Å². The van der Waals surface area contributed by atoms with E-state index in [0.717, 1.165) is 12.0 Å². The van der Waals surface area contributed by atoms with Gasteiger partial charge in [-0.2, -0.15) is 0 Å². The summed E-state index contributed by atoms with van der Waals surface area (Å²) in [5.41, 5.74) is 0.936. The molecule has 0 amide bonds. The standard InChI is InChI=1S/C11H14ClO4P/c1-8-4-3-7-15-17(13,14)16-10-6-2-5-9(8)11(10)12/h2,5-6,8H,3-4,7H2,1H3,(H,13,14). The van der Waals surface area contributed by atoms with E-state index < -0.39 is 7.82 Å². The van der Waals surface area contributed by atoms with E-state index in [1.165, 1.54) is 0 Å². The number of phosphoric acid groups is 1. The molecule has 1 aromatic rings. The first-order valence-electron chi connectivity index (χ1n) is 5.45. The maximum absolute atomic E-state index is 11.6. The van der Waals surface area contributed by atoms with Crippen molar-refractivity contribution in [3.63, 3.8) is 0 Å². The molecule has 1 N–H and O–H groups in total. The predicted molar refractivity (Wildman–Crippen MR) is 65.5 cm³/mol. The average molecular weight is 277 g/mol. The topological polar surface area (TPSA) is 55.8 Å². The van der Waals surface area contributed by atoms with Gasteiger partial charge >= 0.3 is 7.82 Å². The second-order valence-electron chi connectivity index (χ2n) is 4.10. The molecule has 17 heavy (non-hydrogen) atoms. The third kappa shape index (κ3) is 3.02. The van der Waals surface area contributed by atoms with Crippen molar-refractivity contribution < 1.29 is 18.5 Å². The minimum atomic E-state index is -4.05. The summed E-state index contributed by atoms with van der Waals surface area (Å²) < 4.78 is 21.4. The normalized spacial score (nSPS) is 29.5. The Bertz CT molecular complexity index is 463. The third-order valence-electron chi connectivity index (χ3n) is 2.77. The average Bonchev–Trinajstić information content (AvgIpc) is 2.25. The molecular formula is C11H14ClO4P. The number of hydrogen-bond acceptors (Lipinski definition) is 3. The van der Waals surface area contributed by atoms with Gasteiger partial charge in [-0.25, -0.2) is 4.57 Å². The van der Waals surface area contributed by atoms with Gasteiger partial charge in [-0.1, -0.05) is 30.7 Å². The van der Waals surface area contributed by atoms with Gasteiger partial charge in [-0.05, 0) is 30.4 Å². The molecule has 1 aliphatic heterocycles. The van der Waals surface area contributed by atoms with Crippen molar-refractivity contribution in [2.45, 2.75) is 25.7 Å². The largest absolute Gasteiger partial charge is 0.527 e. The molecule has 2 unspecified atom stereocenters. The summed E-state index contributed by atoms with van der Waals surface area (Å²) in [6, 6.07) is 5.23. The van der Waals surface area contributed by atoms with Crippen molar-refractivity contribution in [2.75, 3.05) is 6.61 Å². The van der Waals surface area contributed by atoms with E-state index in [9.17, 15) is 9.46 Å². The summed E-state index contributed by atoms with van der Waals surface area (Å²) in [7, 11) is -4.05. The van der Waals surface area contributed by atoms with Crippen LogP contribution in [0.15, 0.2) is 18.2 Å². The molecule has 2 rings (SSSR count). The number of halogens is 1. The van der Waals surface area contributed by atoms with Crippen LogP contribution in [0.1, 0.15) is 31.2 Å². The molecule has 0 fully saturated rings. The third-order valence-corrected chi connectivity index (χ3v) is 4.11. The number of rotatable bonds is 0. The lowest BCUT2D eigenvalue weighted by atomic mass is 9.96. The van der Waals surface area contributed by atoms with Crippen LogP contribution in [-0.2, 0) is 9.09 Å². The molecule has 2 bridgehead atoms. The molecule has 0 saturated carbocycles. The van der Waals surface area contributed by atoms with Crippen molar-refractivity contribution in [3.05, 3.63) is 28.8 Å². The molecule has 1 heterocycles. The molecule has 0 aliphatic carbocycles. The van der Waals surface area contributed by atoms with Gasteiger partial charge in [-0.15, -0.1) is 0 Å². The summed E-state index contributed by atoms with van der Waals surface area (Å²) in [5, 5.41) is 0.389. The van der Waals surface area contributed by atoms with E-state index in [4.69, 9.17) is 20.6 Å². The highest BCUT2D eigenvalue weighted by atomic mass is 35.5. The molecule has 1 aromatic carbocycles. The second-order valence-corrected chi connectivity index (χ2v) is 5.85. The Morgan fingerprint density at radius 3 is 3.06 bits per heavy atom. The van der Waals surface area contributed by atoms with Crippen molar-refractivity contribution in [2.24, 2.45) is 0 Å². The van der Waals surface area contributed by atoms with Crippen molar-refractivity contribution in [1.82, 2.24) is 0 Å². The zero-order valence-corrected chi connectivity index (χ0v) is 11.1. The van der Waals surface area contributed by atoms with Crippen LogP contribution < -0.4 is 4.52 Å². The highest BCUT2D eigenvalue weighted by Crippen LogP contribution is 2.48. The monoisotopic (exact) mass is 276 g/mol. The van der Waals surface area contributed by atoms with Crippen LogP contribution >= 0.6 is 19.4 Å². The quantitative estimate of drug-likeness (QED) is 0.734.